The van der Waals surface area contributed by atoms with Crippen molar-refractivity contribution >= 4 is 11.6 Å². The molecule has 1 aliphatic carbocycles. The van der Waals surface area contributed by atoms with Gasteiger partial charge in [0, 0.05) is 23.9 Å². The number of carbonyl (C=O) groups excluding carboxylic acids is 1. The summed E-state index contributed by atoms with van der Waals surface area (Å²) >= 11 is 0. The van der Waals surface area contributed by atoms with E-state index < -0.39 is 0 Å². The summed E-state index contributed by atoms with van der Waals surface area (Å²) in [6.45, 7) is 0.502. The number of hydrogen-bond acceptors (Lipinski definition) is 4. The van der Waals surface area contributed by atoms with Gasteiger partial charge in [0.2, 0.25) is 0 Å². The van der Waals surface area contributed by atoms with Crippen LogP contribution in [0.1, 0.15) is 29.0 Å². The zero-order valence-corrected chi connectivity index (χ0v) is 14.7. The first-order valence-corrected chi connectivity index (χ1v) is 9.04. The lowest BCUT2D eigenvalue weighted by molar-refractivity contribution is 0.0717. The number of nitrogens with zero attached hydrogens (tertiary/aromatic N) is 4. The van der Waals surface area contributed by atoms with Gasteiger partial charge in [-0.25, -0.2) is 4.98 Å². The van der Waals surface area contributed by atoms with E-state index in [1.54, 1.807) is 6.07 Å². The number of amides is 1. The average molecular weight is 358 g/mol. The summed E-state index contributed by atoms with van der Waals surface area (Å²) in [5.41, 5.74) is 3.11. The molecule has 1 amide bonds. The van der Waals surface area contributed by atoms with Gasteiger partial charge in [0.1, 0.15) is 5.65 Å². The summed E-state index contributed by atoms with van der Waals surface area (Å²) in [5, 5.41) is 4.03. The van der Waals surface area contributed by atoms with Gasteiger partial charge in [0.05, 0.1) is 18.4 Å². The minimum atomic E-state index is -0.102. The first-order chi connectivity index (χ1) is 13.3. The Labute approximate surface area is 156 Å². The highest BCUT2D eigenvalue weighted by Crippen LogP contribution is 2.30. The lowest BCUT2D eigenvalue weighted by Gasteiger charge is -2.20. The van der Waals surface area contributed by atoms with Crippen molar-refractivity contribution in [2.24, 2.45) is 0 Å². The van der Waals surface area contributed by atoms with Gasteiger partial charge in [-0.2, -0.15) is 0 Å². The van der Waals surface area contributed by atoms with Crippen LogP contribution in [0.25, 0.3) is 17.0 Å². The standard InChI is InChI=1S/C21H18N4O2/c26-21(18-12-19(27-23-18)15-6-2-1-3-7-15)25(16-9-10-16)14-17-13-22-20-8-4-5-11-24(17)20/h1-8,11-13,16H,9-10,14H2. The second-order valence-electron chi connectivity index (χ2n) is 6.79. The number of fused-ring (bicyclic) bond motifs is 1. The van der Waals surface area contributed by atoms with Crippen LogP contribution in [0.15, 0.2) is 71.5 Å². The van der Waals surface area contributed by atoms with E-state index in [1.807, 2.05) is 70.2 Å². The highest BCUT2D eigenvalue weighted by atomic mass is 16.5. The molecule has 4 aromatic rings. The summed E-state index contributed by atoms with van der Waals surface area (Å²) in [5.74, 6) is 0.499. The second kappa shape index (κ2) is 6.39. The summed E-state index contributed by atoms with van der Waals surface area (Å²) in [7, 11) is 0. The summed E-state index contributed by atoms with van der Waals surface area (Å²) in [6, 6.07) is 17.5. The van der Waals surface area contributed by atoms with Crippen LogP contribution in [0.2, 0.25) is 0 Å². The Hall–Kier alpha value is -3.41. The molecule has 6 nitrogen and oxygen atoms in total. The third-order valence-corrected chi connectivity index (χ3v) is 4.86. The molecule has 6 heteroatoms. The van der Waals surface area contributed by atoms with Gasteiger partial charge < -0.3 is 13.8 Å². The maximum Gasteiger partial charge on any atom is 0.276 e. The number of hydrogen-bond donors (Lipinski definition) is 0. The summed E-state index contributed by atoms with van der Waals surface area (Å²) < 4.78 is 7.43. The SMILES string of the molecule is O=C(c1cc(-c2ccccc2)on1)N(Cc1cnc2ccccn12)C1CC1. The van der Waals surface area contributed by atoms with Gasteiger partial charge in [-0.1, -0.05) is 41.6 Å². The van der Waals surface area contributed by atoms with E-state index in [0.29, 0.717) is 18.0 Å². The molecule has 134 valence electrons. The van der Waals surface area contributed by atoms with Crippen LogP contribution in [0.3, 0.4) is 0 Å². The molecule has 1 fully saturated rings. The quantitative estimate of drug-likeness (QED) is 0.544. The Bertz CT molecular complexity index is 1100. The number of carbonyl (C=O) groups is 1. The van der Waals surface area contributed by atoms with E-state index in [9.17, 15) is 4.79 Å². The lowest BCUT2D eigenvalue weighted by Crippen LogP contribution is -2.33. The predicted octanol–water partition coefficient (Wildman–Crippen LogP) is 3.79. The molecule has 3 heterocycles. The van der Waals surface area contributed by atoms with Crippen molar-refractivity contribution in [1.82, 2.24) is 19.4 Å². The summed E-state index contributed by atoms with van der Waals surface area (Å²) in [6.07, 6.45) is 5.84. The molecule has 0 aliphatic heterocycles. The fourth-order valence-corrected chi connectivity index (χ4v) is 3.29. The Kier molecular flexibility index (Phi) is 3.74. The van der Waals surface area contributed by atoms with Crippen molar-refractivity contribution in [2.75, 3.05) is 0 Å². The molecule has 0 atom stereocenters. The molecule has 3 aromatic heterocycles. The van der Waals surface area contributed by atoms with Crippen molar-refractivity contribution in [1.29, 1.82) is 0 Å². The Morgan fingerprint density at radius 1 is 1.15 bits per heavy atom. The van der Waals surface area contributed by atoms with Gasteiger partial charge in [0.25, 0.3) is 5.91 Å². The largest absolute Gasteiger partial charge is 0.355 e. The number of rotatable bonds is 5. The molecule has 1 saturated carbocycles. The fraction of sp³-hybridized carbons (Fsp3) is 0.190. The Morgan fingerprint density at radius 2 is 1.96 bits per heavy atom. The van der Waals surface area contributed by atoms with Crippen LogP contribution in [0.5, 0.6) is 0 Å². The molecule has 0 N–H and O–H groups in total. The lowest BCUT2D eigenvalue weighted by atomic mass is 10.1. The van der Waals surface area contributed by atoms with Gasteiger partial charge in [-0.3, -0.25) is 4.79 Å². The molecular formula is C21H18N4O2. The van der Waals surface area contributed by atoms with Crippen molar-refractivity contribution in [3.8, 4) is 11.3 Å². The monoisotopic (exact) mass is 358 g/mol. The Morgan fingerprint density at radius 3 is 2.78 bits per heavy atom. The van der Waals surface area contributed by atoms with E-state index in [1.165, 1.54) is 0 Å². The maximum absolute atomic E-state index is 13.1. The molecule has 0 saturated heterocycles. The van der Waals surface area contributed by atoms with Crippen LogP contribution >= 0.6 is 0 Å². The minimum Gasteiger partial charge on any atom is -0.355 e. The van der Waals surface area contributed by atoms with Gasteiger partial charge in [0.15, 0.2) is 11.5 Å². The molecule has 0 bridgehead atoms. The van der Waals surface area contributed by atoms with Gasteiger partial charge in [-0.05, 0) is 25.0 Å². The predicted molar refractivity (Wildman–Crippen MR) is 100 cm³/mol. The van der Waals surface area contributed by atoms with E-state index in [-0.39, 0.29) is 11.9 Å². The Balaban J connectivity index is 1.42. The second-order valence-corrected chi connectivity index (χ2v) is 6.79. The van der Waals surface area contributed by atoms with Crippen molar-refractivity contribution in [3.05, 3.63) is 78.4 Å². The first-order valence-electron chi connectivity index (χ1n) is 9.04. The van der Waals surface area contributed by atoms with Crippen molar-refractivity contribution < 1.29 is 9.32 Å². The molecule has 1 aromatic carbocycles. The molecule has 0 spiro atoms. The molecule has 0 unspecified atom stereocenters. The van der Waals surface area contributed by atoms with Crippen LogP contribution in [0, 0.1) is 0 Å². The van der Waals surface area contributed by atoms with E-state index in [0.717, 1.165) is 29.7 Å². The molecule has 5 rings (SSSR count). The minimum absolute atomic E-state index is 0.102. The van der Waals surface area contributed by atoms with Crippen LogP contribution < -0.4 is 0 Å². The third-order valence-electron chi connectivity index (χ3n) is 4.86. The number of aromatic nitrogens is 3. The molecule has 0 radical (unpaired) electrons. The topological polar surface area (TPSA) is 63.6 Å². The zero-order chi connectivity index (χ0) is 18.2. The first kappa shape index (κ1) is 15.8. The van der Waals surface area contributed by atoms with E-state index >= 15 is 0 Å². The molecule has 27 heavy (non-hydrogen) atoms. The fourth-order valence-electron chi connectivity index (χ4n) is 3.29. The van der Waals surface area contributed by atoms with Crippen LogP contribution in [-0.2, 0) is 6.54 Å². The highest BCUT2D eigenvalue weighted by Gasteiger charge is 2.35. The van der Waals surface area contributed by atoms with Crippen molar-refractivity contribution in [2.45, 2.75) is 25.4 Å². The highest BCUT2D eigenvalue weighted by molar-refractivity contribution is 5.93. The van der Waals surface area contributed by atoms with Crippen LogP contribution in [0.4, 0.5) is 0 Å². The summed E-state index contributed by atoms with van der Waals surface area (Å²) in [4.78, 5) is 19.4. The smallest absolute Gasteiger partial charge is 0.276 e. The van der Waals surface area contributed by atoms with Gasteiger partial charge >= 0.3 is 0 Å². The normalized spacial score (nSPS) is 13.8. The molecular weight excluding hydrogens is 340 g/mol. The molecule has 1 aliphatic rings. The third kappa shape index (κ3) is 2.99. The van der Waals surface area contributed by atoms with E-state index in [2.05, 4.69) is 10.1 Å². The van der Waals surface area contributed by atoms with Crippen molar-refractivity contribution in [3.63, 3.8) is 0 Å². The number of pyridine rings is 1. The van der Waals surface area contributed by atoms with Crippen LogP contribution in [-0.4, -0.2) is 31.4 Å². The number of imidazole rings is 1. The van der Waals surface area contributed by atoms with E-state index in [4.69, 9.17) is 4.52 Å². The zero-order valence-electron chi connectivity index (χ0n) is 14.7. The maximum atomic E-state index is 13.1. The number of benzene rings is 1. The average Bonchev–Trinajstić information content (AvgIpc) is 3.29. The van der Waals surface area contributed by atoms with Gasteiger partial charge in [-0.15, -0.1) is 0 Å².